The molecule has 2 heterocycles. The monoisotopic (exact) mass is 361 g/mol. The van der Waals surface area contributed by atoms with Crippen molar-refractivity contribution in [1.82, 2.24) is 15.6 Å². The molecule has 7 heteroatoms. The number of aliphatic imine (C=N–C) groups is 1. The van der Waals surface area contributed by atoms with Gasteiger partial charge >= 0.3 is 0 Å². The first-order chi connectivity index (χ1) is 12.3. The molecule has 0 radical (unpaired) electrons. The SMILES string of the molecule is CN=C(NCCc1csc(N2CCCC2)n1)NCc1ccccc1F. The molecule has 0 aliphatic carbocycles. The fourth-order valence-corrected chi connectivity index (χ4v) is 3.73. The van der Waals surface area contributed by atoms with E-state index in [0.717, 1.165) is 36.9 Å². The van der Waals surface area contributed by atoms with Crippen molar-refractivity contribution >= 4 is 22.4 Å². The van der Waals surface area contributed by atoms with E-state index >= 15 is 0 Å². The Morgan fingerprint density at radius 2 is 2.08 bits per heavy atom. The van der Waals surface area contributed by atoms with Crippen molar-refractivity contribution in [1.29, 1.82) is 0 Å². The highest BCUT2D eigenvalue weighted by Crippen LogP contribution is 2.24. The van der Waals surface area contributed by atoms with Gasteiger partial charge in [0, 0.05) is 50.6 Å². The van der Waals surface area contributed by atoms with Gasteiger partial charge in [-0.3, -0.25) is 4.99 Å². The van der Waals surface area contributed by atoms with E-state index in [-0.39, 0.29) is 5.82 Å². The first-order valence-corrected chi connectivity index (χ1v) is 9.51. The van der Waals surface area contributed by atoms with Crippen LogP contribution in [0.5, 0.6) is 0 Å². The molecule has 0 saturated carbocycles. The van der Waals surface area contributed by atoms with Gasteiger partial charge in [0.15, 0.2) is 11.1 Å². The highest BCUT2D eigenvalue weighted by Gasteiger charge is 2.15. The molecule has 3 rings (SSSR count). The Morgan fingerprint density at radius 3 is 2.84 bits per heavy atom. The van der Waals surface area contributed by atoms with Crippen LogP contribution in [0.15, 0.2) is 34.6 Å². The average Bonchev–Trinajstić information content (AvgIpc) is 3.30. The van der Waals surface area contributed by atoms with E-state index in [0.29, 0.717) is 18.1 Å². The maximum Gasteiger partial charge on any atom is 0.191 e. The maximum absolute atomic E-state index is 13.6. The van der Waals surface area contributed by atoms with Gasteiger partial charge in [-0.05, 0) is 18.9 Å². The standard InChI is InChI=1S/C18H24FN5S/c1-20-17(22-12-14-6-2-3-7-16(14)19)21-9-8-15-13-25-18(23-15)24-10-4-5-11-24/h2-3,6-7,13H,4-5,8-12H2,1H3,(H2,20,21,22). The topological polar surface area (TPSA) is 52.6 Å². The average molecular weight is 361 g/mol. The zero-order valence-electron chi connectivity index (χ0n) is 14.5. The predicted molar refractivity (Wildman–Crippen MR) is 102 cm³/mol. The number of nitrogens with zero attached hydrogens (tertiary/aromatic N) is 3. The van der Waals surface area contributed by atoms with Gasteiger partial charge in [-0.2, -0.15) is 0 Å². The summed E-state index contributed by atoms with van der Waals surface area (Å²) in [4.78, 5) is 11.3. The van der Waals surface area contributed by atoms with Crippen molar-refractivity contribution in [3.8, 4) is 0 Å². The van der Waals surface area contributed by atoms with Crippen LogP contribution in [-0.4, -0.2) is 37.6 Å². The minimum atomic E-state index is -0.206. The first kappa shape index (κ1) is 17.7. The highest BCUT2D eigenvalue weighted by molar-refractivity contribution is 7.13. The zero-order valence-corrected chi connectivity index (χ0v) is 15.3. The number of benzene rings is 1. The molecule has 1 aromatic heterocycles. The number of aromatic nitrogens is 1. The van der Waals surface area contributed by atoms with Gasteiger partial charge < -0.3 is 15.5 Å². The molecule has 5 nitrogen and oxygen atoms in total. The van der Waals surface area contributed by atoms with E-state index in [1.807, 2.05) is 6.07 Å². The number of hydrogen-bond donors (Lipinski definition) is 2. The summed E-state index contributed by atoms with van der Waals surface area (Å²) in [7, 11) is 1.71. The van der Waals surface area contributed by atoms with Crippen LogP contribution in [0.1, 0.15) is 24.1 Å². The van der Waals surface area contributed by atoms with Gasteiger partial charge in [0.1, 0.15) is 5.82 Å². The van der Waals surface area contributed by atoms with E-state index in [9.17, 15) is 4.39 Å². The van der Waals surface area contributed by atoms with E-state index in [1.54, 1.807) is 30.5 Å². The number of anilines is 1. The molecule has 25 heavy (non-hydrogen) atoms. The van der Waals surface area contributed by atoms with E-state index in [4.69, 9.17) is 4.98 Å². The Kier molecular flexibility index (Phi) is 6.22. The van der Waals surface area contributed by atoms with Crippen molar-refractivity contribution < 1.29 is 4.39 Å². The quantitative estimate of drug-likeness (QED) is 0.614. The number of rotatable bonds is 6. The van der Waals surface area contributed by atoms with Crippen LogP contribution in [0.4, 0.5) is 9.52 Å². The zero-order chi connectivity index (χ0) is 17.5. The van der Waals surface area contributed by atoms with Gasteiger partial charge in [-0.15, -0.1) is 11.3 Å². The van der Waals surface area contributed by atoms with Crippen molar-refractivity contribution in [2.24, 2.45) is 4.99 Å². The summed E-state index contributed by atoms with van der Waals surface area (Å²) in [5.74, 6) is 0.459. The summed E-state index contributed by atoms with van der Waals surface area (Å²) < 4.78 is 13.6. The van der Waals surface area contributed by atoms with Crippen molar-refractivity contribution in [2.45, 2.75) is 25.8 Å². The van der Waals surface area contributed by atoms with Crippen LogP contribution in [0.3, 0.4) is 0 Å². The smallest absolute Gasteiger partial charge is 0.191 e. The lowest BCUT2D eigenvalue weighted by Crippen LogP contribution is -2.38. The Balaban J connectivity index is 1.43. The fourth-order valence-electron chi connectivity index (χ4n) is 2.82. The Labute approximate surface area is 152 Å². The summed E-state index contributed by atoms with van der Waals surface area (Å²) in [6, 6.07) is 6.75. The fraction of sp³-hybridized carbons (Fsp3) is 0.444. The number of halogens is 1. The Bertz CT molecular complexity index is 709. The maximum atomic E-state index is 13.6. The lowest BCUT2D eigenvalue weighted by atomic mass is 10.2. The van der Waals surface area contributed by atoms with Crippen LogP contribution in [0, 0.1) is 5.82 Å². The second-order valence-electron chi connectivity index (χ2n) is 6.01. The third-order valence-electron chi connectivity index (χ3n) is 4.22. The molecular weight excluding hydrogens is 337 g/mol. The molecule has 0 amide bonds. The third-order valence-corrected chi connectivity index (χ3v) is 5.17. The second kappa shape index (κ2) is 8.80. The lowest BCUT2D eigenvalue weighted by Gasteiger charge is -2.13. The molecule has 1 aliphatic heterocycles. The van der Waals surface area contributed by atoms with E-state index < -0.39 is 0 Å². The molecular formula is C18H24FN5S. The third kappa shape index (κ3) is 4.92. The number of hydrogen-bond acceptors (Lipinski definition) is 4. The molecule has 1 aromatic carbocycles. The van der Waals surface area contributed by atoms with Crippen molar-refractivity contribution in [3.63, 3.8) is 0 Å². The van der Waals surface area contributed by atoms with Gasteiger partial charge in [0.05, 0.1) is 5.69 Å². The minimum Gasteiger partial charge on any atom is -0.356 e. The molecule has 0 bridgehead atoms. The first-order valence-electron chi connectivity index (χ1n) is 8.63. The molecule has 134 valence electrons. The number of nitrogens with one attached hydrogen (secondary N) is 2. The minimum absolute atomic E-state index is 0.206. The van der Waals surface area contributed by atoms with Crippen LogP contribution < -0.4 is 15.5 Å². The number of thiazole rings is 1. The summed E-state index contributed by atoms with van der Waals surface area (Å²) >= 11 is 1.72. The second-order valence-corrected chi connectivity index (χ2v) is 6.85. The summed E-state index contributed by atoms with van der Waals surface area (Å²) in [5.41, 5.74) is 1.73. The molecule has 0 atom stereocenters. The van der Waals surface area contributed by atoms with Crippen molar-refractivity contribution in [3.05, 3.63) is 46.7 Å². The van der Waals surface area contributed by atoms with Gasteiger partial charge in [-0.25, -0.2) is 9.37 Å². The molecule has 1 fully saturated rings. The van der Waals surface area contributed by atoms with Gasteiger partial charge in [0.2, 0.25) is 0 Å². The molecule has 2 aromatic rings. The largest absolute Gasteiger partial charge is 0.356 e. The molecule has 1 saturated heterocycles. The van der Waals surface area contributed by atoms with E-state index in [2.05, 4.69) is 25.9 Å². The van der Waals surface area contributed by atoms with E-state index in [1.165, 1.54) is 18.9 Å². The van der Waals surface area contributed by atoms with Crippen LogP contribution >= 0.6 is 11.3 Å². The summed E-state index contributed by atoms with van der Waals surface area (Å²) in [6.07, 6.45) is 3.37. The van der Waals surface area contributed by atoms with Gasteiger partial charge in [-0.1, -0.05) is 18.2 Å². The normalized spacial score (nSPS) is 14.8. The van der Waals surface area contributed by atoms with Crippen LogP contribution in [-0.2, 0) is 13.0 Å². The summed E-state index contributed by atoms with van der Waals surface area (Å²) in [5, 5.41) is 9.65. The molecule has 2 N–H and O–H groups in total. The van der Waals surface area contributed by atoms with Crippen molar-refractivity contribution in [2.75, 3.05) is 31.6 Å². The van der Waals surface area contributed by atoms with Crippen LogP contribution in [0.25, 0.3) is 0 Å². The molecule has 1 aliphatic rings. The number of guanidine groups is 1. The summed E-state index contributed by atoms with van der Waals surface area (Å²) in [6.45, 7) is 3.39. The highest BCUT2D eigenvalue weighted by atomic mass is 32.1. The molecule has 0 unspecified atom stereocenters. The predicted octanol–water partition coefficient (Wildman–Crippen LogP) is 2.79. The lowest BCUT2D eigenvalue weighted by molar-refractivity contribution is 0.604. The Morgan fingerprint density at radius 1 is 1.28 bits per heavy atom. The molecule has 0 spiro atoms. The van der Waals surface area contributed by atoms with Crippen LogP contribution in [0.2, 0.25) is 0 Å². The Hall–Kier alpha value is -2.15. The van der Waals surface area contributed by atoms with Gasteiger partial charge in [0.25, 0.3) is 0 Å².